The zero-order chi connectivity index (χ0) is 21.5. The molecule has 10 heteroatoms. The number of esters is 2. The maximum atomic E-state index is 12.1. The number of carbonyl (C=O) groups is 3. The van der Waals surface area contributed by atoms with Crippen molar-refractivity contribution in [3.63, 3.8) is 0 Å². The molecule has 2 N–H and O–H groups in total. The number of aromatic amines is 1. The van der Waals surface area contributed by atoms with Crippen molar-refractivity contribution >= 4 is 23.5 Å². The molecule has 10 nitrogen and oxygen atoms in total. The molecule has 0 aliphatic heterocycles. The summed E-state index contributed by atoms with van der Waals surface area (Å²) in [6, 6.07) is 12.3. The van der Waals surface area contributed by atoms with Crippen LogP contribution in [0.1, 0.15) is 27.6 Å². The summed E-state index contributed by atoms with van der Waals surface area (Å²) < 4.78 is 15.8. The standard InChI is InChI=1S/C20H17N3O7/c1-2-28-19(26)13-3-7-15(8-4-13)21-17(24)12-29-20(27)14-5-9-16(10-6-14)23-11-18(25)30-22-23/h3-11H,2,12H2,1H3,(H-,21,22,24,25,26)/p+1. The van der Waals surface area contributed by atoms with E-state index < -0.39 is 30.1 Å². The van der Waals surface area contributed by atoms with Gasteiger partial charge >= 0.3 is 17.6 Å². The van der Waals surface area contributed by atoms with E-state index in [1.165, 1.54) is 35.1 Å². The number of nitrogens with zero attached hydrogens (tertiary/aromatic N) is 1. The lowest BCUT2D eigenvalue weighted by Gasteiger charge is -2.07. The molecule has 0 saturated heterocycles. The number of rotatable bonds is 7. The van der Waals surface area contributed by atoms with Gasteiger partial charge in [0.15, 0.2) is 6.61 Å². The average Bonchev–Trinajstić information content (AvgIpc) is 3.19. The summed E-state index contributed by atoms with van der Waals surface area (Å²) in [5.74, 6) is -1.66. The fourth-order valence-electron chi connectivity index (χ4n) is 2.45. The van der Waals surface area contributed by atoms with E-state index in [0.29, 0.717) is 16.9 Å². The Balaban J connectivity index is 1.51. The van der Waals surface area contributed by atoms with E-state index in [1.807, 2.05) is 0 Å². The summed E-state index contributed by atoms with van der Waals surface area (Å²) in [6.07, 6.45) is 1.21. The highest BCUT2D eigenvalue weighted by Crippen LogP contribution is 2.11. The molecule has 1 aromatic heterocycles. The molecule has 30 heavy (non-hydrogen) atoms. The average molecular weight is 412 g/mol. The number of hydrogen-bond donors (Lipinski definition) is 2. The smallest absolute Gasteiger partial charge is 0.427 e. The predicted molar refractivity (Wildman–Crippen MR) is 102 cm³/mol. The highest BCUT2D eigenvalue weighted by molar-refractivity contribution is 5.96. The van der Waals surface area contributed by atoms with Gasteiger partial charge in [0.1, 0.15) is 0 Å². The van der Waals surface area contributed by atoms with E-state index in [2.05, 4.69) is 15.1 Å². The van der Waals surface area contributed by atoms with Crippen LogP contribution in [0, 0.1) is 0 Å². The first-order valence-corrected chi connectivity index (χ1v) is 8.91. The van der Waals surface area contributed by atoms with Crippen molar-refractivity contribution < 1.29 is 33.1 Å². The normalized spacial score (nSPS) is 10.3. The van der Waals surface area contributed by atoms with Crippen molar-refractivity contribution in [2.24, 2.45) is 0 Å². The van der Waals surface area contributed by atoms with Gasteiger partial charge in [-0.2, -0.15) is 0 Å². The van der Waals surface area contributed by atoms with Crippen LogP contribution in [0.15, 0.2) is 64.0 Å². The lowest BCUT2D eigenvalue weighted by molar-refractivity contribution is -0.670. The second-order valence-corrected chi connectivity index (χ2v) is 5.98. The van der Waals surface area contributed by atoms with Gasteiger partial charge in [-0.15, -0.1) is 0 Å². The van der Waals surface area contributed by atoms with Crippen LogP contribution in [0.4, 0.5) is 5.69 Å². The summed E-state index contributed by atoms with van der Waals surface area (Å²) in [7, 11) is 0. The van der Waals surface area contributed by atoms with Crippen LogP contribution in [0.25, 0.3) is 5.69 Å². The number of anilines is 1. The number of carbonyl (C=O) groups excluding carboxylic acids is 3. The number of benzene rings is 2. The van der Waals surface area contributed by atoms with E-state index >= 15 is 0 Å². The second kappa shape index (κ2) is 9.32. The van der Waals surface area contributed by atoms with E-state index in [-0.39, 0.29) is 12.2 Å². The van der Waals surface area contributed by atoms with Crippen molar-refractivity contribution in [2.75, 3.05) is 18.5 Å². The first-order chi connectivity index (χ1) is 14.5. The molecule has 0 bridgehead atoms. The van der Waals surface area contributed by atoms with Crippen LogP contribution in [-0.2, 0) is 14.3 Å². The largest absolute Gasteiger partial charge is 0.462 e. The van der Waals surface area contributed by atoms with Crippen molar-refractivity contribution in [3.05, 3.63) is 76.3 Å². The topological polar surface area (TPSA) is 132 Å². The first kappa shape index (κ1) is 20.5. The molecule has 154 valence electrons. The molecule has 0 radical (unpaired) electrons. The molecule has 3 rings (SSSR count). The molecule has 0 aliphatic carbocycles. The molecular formula is C20H18N3O7+. The Kier molecular flexibility index (Phi) is 6.38. The van der Waals surface area contributed by atoms with E-state index in [1.54, 1.807) is 31.2 Å². The third-order valence-corrected chi connectivity index (χ3v) is 3.87. The fourth-order valence-corrected chi connectivity index (χ4v) is 2.45. The number of aromatic nitrogens is 2. The number of hydrogen-bond acceptors (Lipinski definition) is 7. The highest BCUT2D eigenvalue weighted by atomic mass is 16.5. The van der Waals surface area contributed by atoms with Gasteiger partial charge in [-0.3, -0.25) is 9.32 Å². The van der Waals surface area contributed by atoms with Crippen molar-refractivity contribution in [3.8, 4) is 5.69 Å². The Bertz CT molecular complexity index is 1100. The number of nitrogens with one attached hydrogen (secondary N) is 2. The Morgan fingerprint density at radius 1 is 0.967 bits per heavy atom. The quantitative estimate of drug-likeness (QED) is 0.440. The Labute approximate surface area is 170 Å². The van der Waals surface area contributed by atoms with Gasteiger partial charge in [0.2, 0.25) is 5.69 Å². The minimum absolute atomic E-state index is 0.233. The SMILES string of the molecule is CCOC(=O)c1ccc(NC(=O)COC(=O)c2ccc(-[n+]3cc(=O)o[nH]3)cc2)cc1. The molecule has 0 spiro atoms. The Morgan fingerprint density at radius 2 is 1.57 bits per heavy atom. The third-order valence-electron chi connectivity index (χ3n) is 3.87. The van der Waals surface area contributed by atoms with Gasteiger partial charge < -0.3 is 14.8 Å². The summed E-state index contributed by atoms with van der Waals surface area (Å²) in [6.45, 7) is 1.50. The summed E-state index contributed by atoms with van der Waals surface area (Å²) in [5, 5.41) is 4.95. The minimum atomic E-state index is -0.681. The van der Waals surface area contributed by atoms with Crippen LogP contribution < -0.4 is 15.6 Å². The van der Waals surface area contributed by atoms with Crippen molar-refractivity contribution in [1.82, 2.24) is 5.27 Å². The number of ether oxygens (including phenoxy) is 2. The predicted octanol–water partition coefficient (Wildman–Crippen LogP) is 1.22. The number of H-pyrrole nitrogens is 1. The molecule has 0 atom stereocenters. The third kappa shape index (κ3) is 5.19. The monoisotopic (exact) mass is 412 g/mol. The maximum absolute atomic E-state index is 12.1. The molecule has 1 heterocycles. The van der Waals surface area contributed by atoms with Crippen LogP contribution in [0.2, 0.25) is 0 Å². The van der Waals surface area contributed by atoms with Gasteiger partial charge in [-0.05, 0) is 53.3 Å². The van der Waals surface area contributed by atoms with Gasteiger partial charge in [0, 0.05) is 17.8 Å². The maximum Gasteiger partial charge on any atom is 0.427 e. The zero-order valence-electron chi connectivity index (χ0n) is 15.9. The van der Waals surface area contributed by atoms with Crippen LogP contribution in [0.3, 0.4) is 0 Å². The summed E-state index contributed by atoms with van der Waals surface area (Å²) >= 11 is 0. The number of amides is 1. The van der Waals surface area contributed by atoms with E-state index in [9.17, 15) is 19.2 Å². The van der Waals surface area contributed by atoms with Crippen molar-refractivity contribution in [1.29, 1.82) is 0 Å². The zero-order valence-corrected chi connectivity index (χ0v) is 15.9. The lowest BCUT2D eigenvalue weighted by Crippen LogP contribution is -2.32. The molecule has 0 aliphatic rings. The van der Waals surface area contributed by atoms with E-state index in [0.717, 1.165) is 0 Å². The van der Waals surface area contributed by atoms with Gasteiger partial charge in [0.25, 0.3) is 12.1 Å². The molecule has 0 fully saturated rings. The van der Waals surface area contributed by atoms with E-state index in [4.69, 9.17) is 9.47 Å². The Morgan fingerprint density at radius 3 is 2.13 bits per heavy atom. The van der Waals surface area contributed by atoms with Gasteiger partial charge in [-0.1, -0.05) is 0 Å². The highest BCUT2D eigenvalue weighted by Gasteiger charge is 2.14. The van der Waals surface area contributed by atoms with Gasteiger partial charge in [0.05, 0.1) is 17.7 Å². The lowest BCUT2D eigenvalue weighted by atomic mass is 10.2. The fraction of sp³-hybridized carbons (Fsp3) is 0.150. The molecule has 2 aromatic carbocycles. The van der Waals surface area contributed by atoms with Crippen LogP contribution >= 0.6 is 0 Å². The molecule has 0 unspecified atom stereocenters. The minimum Gasteiger partial charge on any atom is -0.462 e. The van der Waals surface area contributed by atoms with Crippen LogP contribution in [0.5, 0.6) is 0 Å². The van der Waals surface area contributed by atoms with Crippen molar-refractivity contribution in [2.45, 2.75) is 6.92 Å². The van der Waals surface area contributed by atoms with Gasteiger partial charge in [-0.25, -0.2) is 14.4 Å². The molecular weight excluding hydrogens is 394 g/mol. The molecule has 3 aromatic rings. The molecule has 0 saturated carbocycles. The summed E-state index contributed by atoms with van der Waals surface area (Å²) in [4.78, 5) is 46.7. The van der Waals surface area contributed by atoms with Crippen LogP contribution in [-0.4, -0.2) is 36.3 Å². The first-order valence-electron chi connectivity index (χ1n) is 8.91. The molecule has 1 amide bonds. The second-order valence-electron chi connectivity index (χ2n) is 5.98. The Hall–Kier alpha value is -4.21. The summed E-state index contributed by atoms with van der Waals surface area (Å²) in [5.41, 5.74) is 1.07.